The van der Waals surface area contributed by atoms with Crippen LogP contribution in [0, 0.1) is 0 Å². The second-order valence-electron chi connectivity index (χ2n) is 3.18. The highest BCUT2D eigenvalue weighted by molar-refractivity contribution is 8.00. The van der Waals surface area contributed by atoms with Crippen LogP contribution in [0.3, 0.4) is 0 Å². The van der Waals surface area contributed by atoms with Gasteiger partial charge in [0.2, 0.25) is 0 Å². The van der Waals surface area contributed by atoms with Crippen LogP contribution in [0.5, 0.6) is 0 Å². The second-order valence-corrected chi connectivity index (χ2v) is 4.99. The Balaban J connectivity index is 2.53. The summed E-state index contributed by atoms with van der Waals surface area (Å²) in [5.74, 6) is 0. The molecule has 0 amide bonds. The molecule has 0 heterocycles. The SMILES string of the molecule is CCC(CCN)Sc1ccc(Cl)cc1. The van der Waals surface area contributed by atoms with Crippen LogP contribution >= 0.6 is 23.4 Å². The maximum absolute atomic E-state index is 5.81. The summed E-state index contributed by atoms with van der Waals surface area (Å²) in [6.07, 6.45) is 2.23. The number of nitrogens with two attached hydrogens (primary N) is 1. The molecule has 0 aliphatic carbocycles. The Labute approximate surface area is 95.0 Å². The van der Waals surface area contributed by atoms with E-state index in [9.17, 15) is 0 Å². The standard InChI is InChI=1S/C11H16ClNS/c1-2-10(7-8-13)14-11-5-3-9(12)4-6-11/h3-6,10H,2,7-8,13H2,1H3. The van der Waals surface area contributed by atoms with Gasteiger partial charge in [0.15, 0.2) is 0 Å². The van der Waals surface area contributed by atoms with Gasteiger partial charge in [0.25, 0.3) is 0 Å². The summed E-state index contributed by atoms with van der Waals surface area (Å²) in [7, 11) is 0. The van der Waals surface area contributed by atoms with Gasteiger partial charge >= 0.3 is 0 Å². The third kappa shape index (κ3) is 3.91. The van der Waals surface area contributed by atoms with Crippen LogP contribution in [0.15, 0.2) is 29.2 Å². The van der Waals surface area contributed by atoms with Crippen LogP contribution in [-0.2, 0) is 0 Å². The highest BCUT2D eigenvalue weighted by Gasteiger charge is 2.06. The first-order valence-electron chi connectivity index (χ1n) is 4.88. The fourth-order valence-electron chi connectivity index (χ4n) is 1.24. The highest BCUT2D eigenvalue weighted by Crippen LogP contribution is 2.27. The molecule has 14 heavy (non-hydrogen) atoms. The molecule has 1 aromatic carbocycles. The molecule has 78 valence electrons. The molecule has 3 heteroatoms. The largest absolute Gasteiger partial charge is 0.330 e. The maximum atomic E-state index is 5.81. The normalized spacial score (nSPS) is 12.8. The summed E-state index contributed by atoms with van der Waals surface area (Å²) in [4.78, 5) is 1.27. The molecular weight excluding hydrogens is 214 g/mol. The van der Waals surface area contributed by atoms with E-state index in [0.29, 0.717) is 5.25 Å². The Morgan fingerprint density at radius 1 is 1.36 bits per heavy atom. The Hall–Kier alpha value is -0.180. The molecule has 0 bridgehead atoms. The summed E-state index contributed by atoms with van der Waals surface area (Å²) in [5.41, 5.74) is 5.55. The van der Waals surface area contributed by atoms with Crippen molar-refractivity contribution >= 4 is 23.4 Å². The summed E-state index contributed by atoms with van der Waals surface area (Å²) >= 11 is 7.70. The lowest BCUT2D eigenvalue weighted by Crippen LogP contribution is -2.09. The zero-order valence-electron chi connectivity index (χ0n) is 8.37. The fourth-order valence-corrected chi connectivity index (χ4v) is 2.46. The van der Waals surface area contributed by atoms with E-state index in [1.165, 1.54) is 4.90 Å². The Kier molecular flexibility index (Phi) is 5.38. The molecule has 0 aliphatic heterocycles. The fraction of sp³-hybridized carbons (Fsp3) is 0.455. The van der Waals surface area contributed by atoms with Gasteiger partial charge in [-0.25, -0.2) is 0 Å². The topological polar surface area (TPSA) is 26.0 Å². The molecule has 0 saturated heterocycles. The minimum Gasteiger partial charge on any atom is -0.330 e. The number of thioether (sulfide) groups is 1. The van der Waals surface area contributed by atoms with Crippen molar-refractivity contribution in [3.05, 3.63) is 29.3 Å². The van der Waals surface area contributed by atoms with E-state index >= 15 is 0 Å². The van der Waals surface area contributed by atoms with Gasteiger partial charge in [-0.3, -0.25) is 0 Å². The average Bonchev–Trinajstić information content (AvgIpc) is 2.20. The second kappa shape index (κ2) is 6.33. The van der Waals surface area contributed by atoms with Crippen molar-refractivity contribution in [2.75, 3.05) is 6.54 Å². The number of halogens is 1. The maximum Gasteiger partial charge on any atom is 0.0406 e. The van der Waals surface area contributed by atoms with Crippen molar-refractivity contribution in [2.45, 2.75) is 29.9 Å². The zero-order chi connectivity index (χ0) is 10.4. The zero-order valence-corrected chi connectivity index (χ0v) is 9.94. The molecule has 2 N–H and O–H groups in total. The third-order valence-corrected chi connectivity index (χ3v) is 3.76. The van der Waals surface area contributed by atoms with Crippen LogP contribution in [0.25, 0.3) is 0 Å². The molecule has 0 spiro atoms. The van der Waals surface area contributed by atoms with Crippen LogP contribution in [0.4, 0.5) is 0 Å². The van der Waals surface area contributed by atoms with E-state index in [4.69, 9.17) is 17.3 Å². The smallest absolute Gasteiger partial charge is 0.0406 e. The van der Waals surface area contributed by atoms with Crippen LogP contribution in [-0.4, -0.2) is 11.8 Å². The molecule has 1 atom stereocenters. The van der Waals surface area contributed by atoms with Gasteiger partial charge in [-0.1, -0.05) is 18.5 Å². The van der Waals surface area contributed by atoms with Crippen molar-refractivity contribution < 1.29 is 0 Å². The van der Waals surface area contributed by atoms with Gasteiger partial charge in [0.05, 0.1) is 0 Å². The Morgan fingerprint density at radius 3 is 2.50 bits per heavy atom. The van der Waals surface area contributed by atoms with Gasteiger partial charge in [0.1, 0.15) is 0 Å². The van der Waals surface area contributed by atoms with E-state index in [0.717, 1.165) is 24.4 Å². The van der Waals surface area contributed by atoms with Gasteiger partial charge in [-0.2, -0.15) is 0 Å². The molecule has 1 rings (SSSR count). The van der Waals surface area contributed by atoms with Crippen molar-refractivity contribution in [3.8, 4) is 0 Å². The Bertz CT molecular complexity index is 260. The molecule has 0 fully saturated rings. The van der Waals surface area contributed by atoms with E-state index in [1.54, 1.807) is 0 Å². The van der Waals surface area contributed by atoms with Crippen molar-refractivity contribution in [1.82, 2.24) is 0 Å². The molecule has 0 aromatic heterocycles. The molecule has 1 aromatic rings. The monoisotopic (exact) mass is 229 g/mol. The first-order chi connectivity index (χ1) is 6.76. The van der Waals surface area contributed by atoms with E-state index in [1.807, 2.05) is 23.9 Å². The first kappa shape index (κ1) is 11.9. The number of rotatable bonds is 5. The van der Waals surface area contributed by atoms with Gasteiger partial charge < -0.3 is 5.73 Å². The summed E-state index contributed by atoms with van der Waals surface area (Å²) in [6.45, 7) is 2.96. The van der Waals surface area contributed by atoms with Crippen molar-refractivity contribution in [1.29, 1.82) is 0 Å². The molecule has 1 unspecified atom stereocenters. The van der Waals surface area contributed by atoms with Crippen LogP contribution in [0.1, 0.15) is 19.8 Å². The predicted molar refractivity (Wildman–Crippen MR) is 65.1 cm³/mol. The summed E-state index contributed by atoms with van der Waals surface area (Å²) < 4.78 is 0. The van der Waals surface area contributed by atoms with E-state index in [-0.39, 0.29) is 0 Å². The third-order valence-electron chi connectivity index (χ3n) is 2.06. The minimum absolute atomic E-state index is 0.626. The number of hydrogen-bond donors (Lipinski definition) is 1. The minimum atomic E-state index is 0.626. The number of hydrogen-bond acceptors (Lipinski definition) is 2. The average molecular weight is 230 g/mol. The number of benzene rings is 1. The van der Waals surface area contributed by atoms with Gasteiger partial charge in [0, 0.05) is 15.2 Å². The summed E-state index contributed by atoms with van der Waals surface area (Å²) in [6, 6.07) is 7.98. The van der Waals surface area contributed by atoms with E-state index in [2.05, 4.69) is 19.1 Å². The molecule has 1 nitrogen and oxygen atoms in total. The van der Waals surface area contributed by atoms with Crippen molar-refractivity contribution in [2.24, 2.45) is 5.73 Å². The van der Waals surface area contributed by atoms with Crippen molar-refractivity contribution in [3.63, 3.8) is 0 Å². The van der Waals surface area contributed by atoms with E-state index < -0.39 is 0 Å². The van der Waals surface area contributed by atoms with Gasteiger partial charge in [-0.15, -0.1) is 11.8 Å². The molecule has 0 aliphatic rings. The molecule has 0 saturated carbocycles. The highest BCUT2D eigenvalue weighted by atomic mass is 35.5. The molecular formula is C11H16ClNS. The van der Waals surface area contributed by atoms with Crippen LogP contribution in [0.2, 0.25) is 5.02 Å². The quantitative estimate of drug-likeness (QED) is 0.782. The lowest BCUT2D eigenvalue weighted by molar-refractivity contribution is 0.745. The van der Waals surface area contributed by atoms with Crippen LogP contribution < -0.4 is 5.73 Å². The lowest BCUT2D eigenvalue weighted by atomic mass is 10.2. The predicted octanol–water partition coefficient (Wildman–Crippen LogP) is 3.56. The molecule has 0 radical (unpaired) electrons. The summed E-state index contributed by atoms with van der Waals surface area (Å²) in [5, 5.41) is 1.42. The Morgan fingerprint density at radius 2 is 2.00 bits per heavy atom. The lowest BCUT2D eigenvalue weighted by Gasteiger charge is -2.12. The van der Waals surface area contributed by atoms with Gasteiger partial charge in [-0.05, 0) is 43.7 Å². The first-order valence-corrected chi connectivity index (χ1v) is 6.14.